The van der Waals surface area contributed by atoms with Crippen molar-refractivity contribution in [1.29, 1.82) is 0 Å². The normalized spacial score (nSPS) is 12.0. The molecule has 124 valence electrons. The lowest BCUT2D eigenvalue weighted by Gasteiger charge is -2.01. The number of carbonyl (C=O) groups excluding carboxylic acids is 1. The van der Waals surface area contributed by atoms with Gasteiger partial charge in [-0.3, -0.25) is 9.00 Å². The van der Waals surface area contributed by atoms with E-state index in [1.165, 1.54) is 0 Å². The Hall–Kier alpha value is -2.12. The predicted molar refractivity (Wildman–Crippen MR) is 92.8 cm³/mol. The first-order valence-corrected chi connectivity index (χ1v) is 9.26. The molecule has 0 fully saturated rings. The molecule has 3 aromatic rings. The van der Waals surface area contributed by atoms with Crippen molar-refractivity contribution in [2.75, 3.05) is 0 Å². The molecule has 0 bridgehead atoms. The summed E-state index contributed by atoms with van der Waals surface area (Å²) in [6, 6.07) is 14.0. The van der Waals surface area contributed by atoms with Crippen LogP contribution in [0.5, 0.6) is 0 Å². The third-order valence-electron chi connectivity index (χ3n) is 3.24. The summed E-state index contributed by atoms with van der Waals surface area (Å²) in [5, 5.41) is 2.70. The zero-order valence-corrected chi connectivity index (χ0v) is 14.9. The number of rotatable bonds is 6. The van der Waals surface area contributed by atoms with Crippen LogP contribution in [0, 0.1) is 0 Å². The highest BCUT2D eigenvalue weighted by atomic mass is 79.9. The number of nitrogens with one attached hydrogen (secondary N) is 1. The maximum atomic E-state index is 12.3. The van der Waals surface area contributed by atoms with Gasteiger partial charge in [0.15, 0.2) is 5.76 Å². The Kier molecular flexibility index (Phi) is 5.32. The maximum absolute atomic E-state index is 12.3. The first-order valence-electron chi connectivity index (χ1n) is 7.15. The van der Waals surface area contributed by atoms with E-state index in [0.717, 1.165) is 4.47 Å². The van der Waals surface area contributed by atoms with E-state index < -0.39 is 10.8 Å². The van der Waals surface area contributed by atoms with Gasteiger partial charge in [-0.15, -0.1) is 0 Å². The summed E-state index contributed by atoms with van der Waals surface area (Å²) < 4.78 is 23.9. The summed E-state index contributed by atoms with van der Waals surface area (Å²) in [5.41, 5.74) is 0. The third kappa shape index (κ3) is 4.24. The fourth-order valence-electron chi connectivity index (χ4n) is 2.04. The molecule has 7 heteroatoms. The summed E-state index contributed by atoms with van der Waals surface area (Å²) in [7, 11) is -1.23. The molecular weight excluding hydrogens is 394 g/mol. The van der Waals surface area contributed by atoms with Gasteiger partial charge >= 0.3 is 0 Å². The Bertz CT molecular complexity index is 840. The van der Waals surface area contributed by atoms with E-state index in [1.54, 1.807) is 42.7 Å². The molecule has 5 nitrogen and oxygen atoms in total. The van der Waals surface area contributed by atoms with Crippen molar-refractivity contribution in [3.63, 3.8) is 0 Å². The molecule has 2 heterocycles. The minimum absolute atomic E-state index is 0.185. The average Bonchev–Trinajstić information content (AvgIpc) is 3.25. The van der Waals surface area contributed by atoms with E-state index in [2.05, 4.69) is 21.2 Å². The van der Waals surface area contributed by atoms with Crippen LogP contribution in [0.4, 0.5) is 0 Å². The highest BCUT2D eigenvalue weighted by Crippen LogP contribution is 2.17. The van der Waals surface area contributed by atoms with Gasteiger partial charge in [-0.25, -0.2) is 0 Å². The maximum Gasteiger partial charge on any atom is 0.287 e. The molecule has 0 aliphatic rings. The zero-order chi connectivity index (χ0) is 16.9. The average molecular weight is 408 g/mol. The molecule has 0 saturated carbocycles. The summed E-state index contributed by atoms with van der Waals surface area (Å²) in [6.07, 6.45) is 1.55. The molecule has 1 atom stereocenters. The van der Waals surface area contributed by atoms with Crippen LogP contribution < -0.4 is 5.32 Å². The quantitative estimate of drug-likeness (QED) is 0.672. The van der Waals surface area contributed by atoms with E-state index >= 15 is 0 Å². The van der Waals surface area contributed by atoms with Crippen molar-refractivity contribution in [3.8, 4) is 0 Å². The first kappa shape index (κ1) is 16.7. The predicted octanol–water partition coefficient (Wildman–Crippen LogP) is 3.87. The SMILES string of the molecule is O=C(NCc1ccco1)c1ccc(C[S@](=O)c2ccc(Br)cc2)o1. The Balaban J connectivity index is 1.59. The zero-order valence-electron chi connectivity index (χ0n) is 12.5. The van der Waals surface area contributed by atoms with Gasteiger partial charge in [0.25, 0.3) is 5.91 Å². The van der Waals surface area contributed by atoms with E-state index in [-0.39, 0.29) is 24.0 Å². The molecular formula is C17H14BrNO4S. The number of halogens is 1. The first-order chi connectivity index (χ1) is 11.6. The number of hydrogen-bond acceptors (Lipinski definition) is 4. The number of benzene rings is 1. The molecule has 3 rings (SSSR count). The Morgan fingerprint density at radius 2 is 1.88 bits per heavy atom. The van der Waals surface area contributed by atoms with Crippen LogP contribution in [0.1, 0.15) is 22.1 Å². The van der Waals surface area contributed by atoms with Crippen molar-refractivity contribution in [3.05, 3.63) is 76.5 Å². The van der Waals surface area contributed by atoms with Crippen LogP contribution in [0.3, 0.4) is 0 Å². The van der Waals surface area contributed by atoms with Gasteiger partial charge in [0.2, 0.25) is 0 Å². The summed E-state index contributed by atoms with van der Waals surface area (Å²) in [6.45, 7) is 0.284. The second-order valence-corrected chi connectivity index (χ2v) is 7.34. The molecule has 1 N–H and O–H groups in total. The third-order valence-corrected chi connectivity index (χ3v) is 5.11. The van der Waals surface area contributed by atoms with Crippen molar-refractivity contribution in [1.82, 2.24) is 5.32 Å². The van der Waals surface area contributed by atoms with E-state index in [4.69, 9.17) is 8.83 Å². The van der Waals surface area contributed by atoms with Gasteiger partial charge < -0.3 is 14.2 Å². The van der Waals surface area contributed by atoms with Crippen LogP contribution in [0.25, 0.3) is 0 Å². The molecule has 0 spiro atoms. The summed E-state index contributed by atoms with van der Waals surface area (Å²) in [5.74, 6) is 1.22. The molecule has 24 heavy (non-hydrogen) atoms. The molecule has 0 radical (unpaired) electrons. The fraction of sp³-hybridized carbons (Fsp3) is 0.118. The van der Waals surface area contributed by atoms with Crippen molar-refractivity contribution >= 4 is 32.6 Å². The lowest BCUT2D eigenvalue weighted by Crippen LogP contribution is -2.21. The van der Waals surface area contributed by atoms with Crippen LogP contribution in [-0.4, -0.2) is 10.1 Å². The van der Waals surface area contributed by atoms with Gasteiger partial charge in [-0.05, 0) is 48.5 Å². The van der Waals surface area contributed by atoms with Crippen molar-refractivity contribution in [2.24, 2.45) is 0 Å². The lowest BCUT2D eigenvalue weighted by molar-refractivity contribution is 0.0919. The van der Waals surface area contributed by atoms with Gasteiger partial charge in [0, 0.05) is 9.37 Å². The second-order valence-electron chi connectivity index (χ2n) is 4.97. The van der Waals surface area contributed by atoms with Gasteiger partial charge in [-0.1, -0.05) is 15.9 Å². The van der Waals surface area contributed by atoms with Crippen molar-refractivity contribution in [2.45, 2.75) is 17.2 Å². The van der Waals surface area contributed by atoms with Gasteiger partial charge in [0.05, 0.1) is 29.4 Å². The Morgan fingerprint density at radius 1 is 1.08 bits per heavy atom. The lowest BCUT2D eigenvalue weighted by atomic mass is 10.4. The minimum Gasteiger partial charge on any atom is -0.467 e. The summed E-state index contributed by atoms with van der Waals surface area (Å²) in [4.78, 5) is 12.7. The van der Waals surface area contributed by atoms with Crippen LogP contribution in [0.2, 0.25) is 0 Å². The second kappa shape index (κ2) is 7.63. The molecule has 1 amide bonds. The number of hydrogen-bond donors (Lipinski definition) is 1. The number of furan rings is 2. The van der Waals surface area contributed by atoms with Gasteiger partial charge in [-0.2, -0.15) is 0 Å². The Morgan fingerprint density at radius 3 is 2.58 bits per heavy atom. The minimum atomic E-state index is -1.23. The smallest absolute Gasteiger partial charge is 0.287 e. The standard InChI is InChI=1S/C17H14BrNO4S/c18-12-3-6-15(7-4-12)24(21)11-14-5-8-16(23-14)17(20)19-10-13-2-1-9-22-13/h1-9H,10-11H2,(H,19,20)/t24-/m0/s1. The van der Waals surface area contributed by atoms with E-state index in [0.29, 0.717) is 16.4 Å². The van der Waals surface area contributed by atoms with Crippen LogP contribution >= 0.6 is 15.9 Å². The molecule has 0 unspecified atom stereocenters. The molecule has 0 aliphatic carbocycles. The van der Waals surface area contributed by atoms with Gasteiger partial charge in [0.1, 0.15) is 11.5 Å². The number of carbonyl (C=O) groups is 1. The fourth-order valence-corrected chi connectivity index (χ4v) is 3.33. The van der Waals surface area contributed by atoms with Crippen LogP contribution in [-0.2, 0) is 23.1 Å². The summed E-state index contributed by atoms with van der Waals surface area (Å²) >= 11 is 3.34. The molecule has 1 aromatic carbocycles. The monoisotopic (exact) mass is 407 g/mol. The Labute approximate surface area is 149 Å². The van der Waals surface area contributed by atoms with E-state index in [1.807, 2.05) is 12.1 Å². The highest BCUT2D eigenvalue weighted by Gasteiger charge is 2.14. The number of amides is 1. The van der Waals surface area contributed by atoms with Crippen molar-refractivity contribution < 1.29 is 17.8 Å². The largest absolute Gasteiger partial charge is 0.467 e. The molecule has 0 saturated heterocycles. The van der Waals surface area contributed by atoms with E-state index in [9.17, 15) is 9.00 Å². The highest BCUT2D eigenvalue weighted by molar-refractivity contribution is 9.10. The molecule has 2 aromatic heterocycles. The molecule has 0 aliphatic heterocycles. The topological polar surface area (TPSA) is 72.5 Å². The van der Waals surface area contributed by atoms with Crippen LogP contribution in [0.15, 0.2) is 73.0 Å².